The predicted octanol–water partition coefficient (Wildman–Crippen LogP) is 3.49. The average molecular weight is 243 g/mol. The second-order valence-corrected chi connectivity index (χ2v) is 4.91. The third-order valence-corrected chi connectivity index (χ3v) is 3.69. The number of hydrogen-bond donors (Lipinski definition) is 1. The molecule has 0 aliphatic rings. The minimum atomic E-state index is 0.608. The Hall–Kier alpha value is -1.77. The van der Waals surface area contributed by atoms with Crippen molar-refractivity contribution in [2.75, 3.05) is 5.73 Å². The maximum absolute atomic E-state index is 5.85. The van der Waals surface area contributed by atoms with Gasteiger partial charge in [0.25, 0.3) is 0 Å². The Morgan fingerprint density at radius 2 is 1.89 bits per heavy atom. The van der Waals surface area contributed by atoms with Crippen molar-refractivity contribution in [3.05, 3.63) is 35.4 Å². The molecule has 2 rings (SSSR count). The Morgan fingerprint density at radius 3 is 2.33 bits per heavy atom. The van der Waals surface area contributed by atoms with Gasteiger partial charge in [0.1, 0.15) is 5.82 Å². The second kappa shape index (κ2) is 4.84. The molecule has 0 fully saturated rings. The summed E-state index contributed by atoms with van der Waals surface area (Å²) in [6.07, 6.45) is 1.16. The zero-order chi connectivity index (χ0) is 13.3. The third-order valence-electron chi connectivity index (χ3n) is 3.69. The van der Waals surface area contributed by atoms with Gasteiger partial charge in [0.15, 0.2) is 0 Å². The summed E-state index contributed by atoms with van der Waals surface area (Å²) < 4.78 is 1.85. The van der Waals surface area contributed by atoms with Crippen LogP contribution in [-0.2, 0) is 7.05 Å². The molecule has 1 atom stereocenters. The monoisotopic (exact) mass is 243 g/mol. The van der Waals surface area contributed by atoms with Crippen molar-refractivity contribution in [3.63, 3.8) is 0 Å². The average Bonchev–Trinajstić information content (AvgIpc) is 2.63. The first-order valence-electron chi connectivity index (χ1n) is 6.44. The van der Waals surface area contributed by atoms with Crippen molar-refractivity contribution in [3.8, 4) is 11.3 Å². The molecule has 3 nitrogen and oxygen atoms in total. The highest BCUT2D eigenvalue weighted by Crippen LogP contribution is 2.28. The molecule has 0 amide bonds. The van der Waals surface area contributed by atoms with Crippen molar-refractivity contribution in [2.24, 2.45) is 7.05 Å². The number of nitrogens with zero attached hydrogens (tertiary/aromatic N) is 2. The molecule has 1 heterocycles. The summed E-state index contributed by atoms with van der Waals surface area (Å²) in [6, 6.07) is 8.72. The van der Waals surface area contributed by atoms with Crippen LogP contribution in [0.4, 0.5) is 5.82 Å². The van der Waals surface area contributed by atoms with E-state index >= 15 is 0 Å². The summed E-state index contributed by atoms with van der Waals surface area (Å²) in [7, 11) is 1.93. The summed E-state index contributed by atoms with van der Waals surface area (Å²) >= 11 is 0. The first-order valence-corrected chi connectivity index (χ1v) is 6.44. The minimum absolute atomic E-state index is 0.608. The Bertz CT molecular complexity index is 538. The van der Waals surface area contributed by atoms with E-state index in [0.717, 1.165) is 17.7 Å². The predicted molar refractivity (Wildman–Crippen MR) is 76.5 cm³/mol. The number of hydrogen-bond acceptors (Lipinski definition) is 2. The van der Waals surface area contributed by atoms with Gasteiger partial charge in [-0.15, -0.1) is 0 Å². The largest absolute Gasteiger partial charge is 0.382 e. The third kappa shape index (κ3) is 2.13. The molecular weight excluding hydrogens is 222 g/mol. The van der Waals surface area contributed by atoms with Crippen LogP contribution < -0.4 is 5.73 Å². The lowest BCUT2D eigenvalue weighted by Crippen LogP contribution is -1.96. The van der Waals surface area contributed by atoms with E-state index < -0.39 is 0 Å². The Morgan fingerprint density at radius 1 is 1.28 bits per heavy atom. The lowest BCUT2D eigenvalue weighted by molar-refractivity contribution is 0.733. The Kier molecular flexibility index (Phi) is 3.41. The van der Waals surface area contributed by atoms with E-state index in [2.05, 4.69) is 43.2 Å². The zero-order valence-electron chi connectivity index (χ0n) is 11.6. The first kappa shape index (κ1) is 12.7. The molecular formula is C15H21N3. The zero-order valence-corrected chi connectivity index (χ0v) is 11.6. The smallest absolute Gasteiger partial charge is 0.148 e. The van der Waals surface area contributed by atoms with E-state index in [1.54, 1.807) is 0 Å². The summed E-state index contributed by atoms with van der Waals surface area (Å²) in [4.78, 5) is 0. The van der Waals surface area contributed by atoms with E-state index in [0.29, 0.717) is 11.7 Å². The highest BCUT2D eigenvalue weighted by atomic mass is 15.3. The van der Waals surface area contributed by atoms with Crippen LogP contribution in [0, 0.1) is 6.92 Å². The molecule has 18 heavy (non-hydrogen) atoms. The quantitative estimate of drug-likeness (QED) is 0.896. The molecule has 0 aliphatic heterocycles. The Balaban J connectivity index is 2.40. The van der Waals surface area contributed by atoms with E-state index in [4.69, 9.17) is 5.73 Å². The van der Waals surface area contributed by atoms with Gasteiger partial charge in [0.05, 0.1) is 5.69 Å². The van der Waals surface area contributed by atoms with E-state index in [1.807, 2.05) is 18.7 Å². The SMILES string of the molecule is CCC(C)c1ccc(-c2c(C)c(N)nn2C)cc1. The molecule has 0 radical (unpaired) electrons. The number of benzene rings is 1. The lowest BCUT2D eigenvalue weighted by atomic mass is 9.96. The van der Waals surface area contributed by atoms with Gasteiger partial charge >= 0.3 is 0 Å². The fraction of sp³-hybridized carbons (Fsp3) is 0.400. The number of aromatic nitrogens is 2. The number of nitrogens with two attached hydrogens (primary N) is 1. The molecule has 2 N–H and O–H groups in total. The maximum atomic E-state index is 5.85. The number of nitrogen functional groups attached to an aromatic ring is 1. The van der Waals surface area contributed by atoms with Gasteiger partial charge in [-0.3, -0.25) is 4.68 Å². The van der Waals surface area contributed by atoms with Crippen LogP contribution in [0.25, 0.3) is 11.3 Å². The van der Waals surface area contributed by atoms with Crippen LogP contribution in [0.2, 0.25) is 0 Å². The molecule has 3 heteroatoms. The fourth-order valence-electron chi connectivity index (χ4n) is 2.26. The number of aryl methyl sites for hydroxylation is 1. The van der Waals surface area contributed by atoms with Crippen molar-refractivity contribution in [1.29, 1.82) is 0 Å². The second-order valence-electron chi connectivity index (χ2n) is 4.91. The molecule has 0 saturated carbocycles. The van der Waals surface area contributed by atoms with E-state index in [9.17, 15) is 0 Å². The van der Waals surface area contributed by atoms with Gasteiger partial charge in [0.2, 0.25) is 0 Å². The summed E-state index contributed by atoms with van der Waals surface area (Å²) in [6.45, 7) is 6.48. The maximum Gasteiger partial charge on any atom is 0.148 e. The molecule has 0 saturated heterocycles. The van der Waals surface area contributed by atoms with E-state index in [1.165, 1.54) is 11.1 Å². The summed E-state index contributed by atoms with van der Waals surface area (Å²) in [5.74, 6) is 1.22. The highest BCUT2D eigenvalue weighted by molar-refractivity contribution is 5.68. The van der Waals surface area contributed by atoms with Gasteiger partial charge in [-0.1, -0.05) is 38.1 Å². The molecule has 2 aromatic rings. The van der Waals surface area contributed by atoms with Gasteiger partial charge in [-0.2, -0.15) is 5.10 Å². The van der Waals surface area contributed by atoms with Crippen molar-refractivity contribution in [2.45, 2.75) is 33.1 Å². The van der Waals surface area contributed by atoms with Crippen LogP contribution in [-0.4, -0.2) is 9.78 Å². The highest BCUT2D eigenvalue weighted by Gasteiger charge is 2.12. The molecule has 1 unspecified atom stereocenters. The molecule has 0 bridgehead atoms. The van der Waals surface area contributed by atoms with Crippen molar-refractivity contribution >= 4 is 5.82 Å². The van der Waals surface area contributed by atoms with Crippen LogP contribution >= 0.6 is 0 Å². The molecule has 1 aromatic heterocycles. The first-order chi connectivity index (χ1) is 8.54. The molecule has 96 valence electrons. The minimum Gasteiger partial charge on any atom is -0.382 e. The van der Waals surface area contributed by atoms with Crippen molar-refractivity contribution < 1.29 is 0 Å². The van der Waals surface area contributed by atoms with Crippen LogP contribution in [0.5, 0.6) is 0 Å². The number of anilines is 1. The van der Waals surface area contributed by atoms with Gasteiger partial charge in [-0.25, -0.2) is 0 Å². The molecule has 0 spiro atoms. The topological polar surface area (TPSA) is 43.8 Å². The fourth-order valence-corrected chi connectivity index (χ4v) is 2.26. The molecule has 0 aliphatic carbocycles. The summed E-state index contributed by atoms with van der Waals surface area (Å²) in [5, 5.41) is 4.26. The number of rotatable bonds is 3. The Labute approximate surface area is 109 Å². The van der Waals surface area contributed by atoms with Gasteiger partial charge in [-0.05, 0) is 24.8 Å². The lowest BCUT2D eigenvalue weighted by Gasteiger charge is -2.10. The van der Waals surface area contributed by atoms with Gasteiger partial charge < -0.3 is 5.73 Å². The van der Waals surface area contributed by atoms with Crippen LogP contribution in [0.3, 0.4) is 0 Å². The van der Waals surface area contributed by atoms with Crippen LogP contribution in [0.15, 0.2) is 24.3 Å². The van der Waals surface area contributed by atoms with Crippen molar-refractivity contribution in [1.82, 2.24) is 9.78 Å². The summed E-state index contributed by atoms with van der Waals surface area (Å²) in [5.41, 5.74) is 10.6. The van der Waals surface area contributed by atoms with Crippen LogP contribution in [0.1, 0.15) is 37.3 Å². The molecule has 1 aromatic carbocycles. The normalized spacial score (nSPS) is 12.7. The standard InChI is InChI=1S/C15H21N3/c1-5-10(2)12-6-8-13(9-7-12)14-11(3)15(16)17-18(14)4/h6-10H,5H2,1-4H3,(H2,16,17). The van der Waals surface area contributed by atoms with E-state index in [-0.39, 0.29) is 0 Å². The van der Waals surface area contributed by atoms with Gasteiger partial charge in [0, 0.05) is 18.2 Å².